The molecule has 0 aromatic carbocycles. The first kappa shape index (κ1) is 15.4. The molecule has 17 heavy (non-hydrogen) atoms. The van der Waals surface area contributed by atoms with E-state index in [0.717, 1.165) is 13.8 Å². The van der Waals surface area contributed by atoms with E-state index in [9.17, 15) is 18.4 Å². The Labute approximate surface area is 96.8 Å². The second-order valence-electron chi connectivity index (χ2n) is 3.06. The molecular weight excluding hydrogens is 242 g/mol. The monoisotopic (exact) mass is 256 g/mol. The summed E-state index contributed by atoms with van der Waals surface area (Å²) in [5.41, 5.74) is 0. The molecule has 0 aromatic heterocycles. The predicted molar refractivity (Wildman–Crippen MR) is 50.6 cm³/mol. The van der Waals surface area contributed by atoms with Crippen molar-refractivity contribution in [2.45, 2.75) is 39.6 Å². The maximum Gasteiger partial charge on any atom is 0.511 e. The van der Waals surface area contributed by atoms with Gasteiger partial charge in [0.25, 0.3) is 0 Å². The molecule has 3 atom stereocenters. The van der Waals surface area contributed by atoms with E-state index >= 15 is 0 Å². The molecule has 0 rings (SSSR count). The smallest absolute Gasteiger partial charge is 0.430 e. The van der Waals surface area contributed by atoms with Crippen molar-refractivity contribution in [3.05, 3.63) is 0 Å². The number of hydrogen-bond acceptors (Lipinski definition) is 6. The van der Waals surface area contributed by atoms with Crippen LogP contribution in [0.1, 0.15) is 20.8 Å². The molecule has 0 saturated heterocycles. The van der Waals surface area contributed by atoms with E-state index in [1.54, 1.807) is 0 Å². The quantitative estimate of drug-likeness (QED) is 0.703. The van der Waals surface area contributed by atoms with Gasteiger partial charge in [0.05, 0.1) is 0 Å². The van der Waals surface area contributed by atoms with Gasteiger partial charge in [-0.25, -0.2) is 18.4 Å². The molecule has 3 unspecified atom stereocenters. The summed E-state index contributed by atoms with van der Waals surface area (Å²) >= 11 is 0. The molecule has 0 amide bonds. The predicted octanol–water partition coefficient (Wildman–Crippen LogP) is 2.31. The van der Waals surface area contributed by atoms with Crippen LogP contribution in [0.25, 0.3) is 0 Å². The van der Waals surface area contributed by atoms with Crippen molar-refractivity contribution in [3.63, 3.8) is 0 Å². The lowest BCUT2D eigenvalue weighted by Crippen LogP contribution is -2.25. The van der Waals surface area contributed by atoms with Gasteiger partial charge >= 0.3 is 12.3 Å². The number of alkyl halides is 2. The minimum atomic E-state index is -1.80. The molecule has 0 fully saturated rings. The van der Waals surface area contributed by atoms with Gasteiger partial charge in [-0.1, -0.05) is 0 Å². The van der Waals surface area contributed by atoms with E-state index in [1.165, 1.54) is 6.92 Å². The van der Waals surface area contributed by atoms with Crippen LogP contribution in [0.2, 0.25) is 0 Å². The molecule has 0 aliphatic carbocycles. The lowest BCUT2D eigenvalue weighted by molar-refractivity contribution is -0.0593. The first-order valence-electron chi connectivity index (χ1n) is 4.80. The van der Waals surface area contributed by atoms with E-state index in [0.29, 0.717) is 0 Å². The zero-order chi connectivity index (χ0) is 13.4. The molecule has 8 heteroatoms. The third-order valence-electron chi connectivity index (χ3n) is 1.25. The van der Waals surface area contributed by atoms with Crippen molar-refractivity contribution in [2.24, 2.45) is 0 Å². The first-order valence-corrected chi connectivity index (χ1v) is 4.80. The molecular formula is C9H14F2O6. The third-order valence-corrected chi connectivity index (χ3v) is 1.25. The summed E-state index contributed by atoms with van der Waals surface area (Å²) in [7, 11) is 0. The van der Waals surface area contributed by atoms with E-state index in [-0.39, 0.29) is 6.61 Å². The van der Waals surface area contributed by atoms with Gasteiger partial charge < -0.3 is 18.9 Å². The summed E-state index contributed by atoms with van der Waals surface area (Å²) in [6.45, 7) is 3.02. The SMILES string of the molecule is CC(F)OC(=O)OCC(C)OC(=O)OC(C)F. The number of hydrogen-bond donors (Lipinski definition) is 0. The van der Waals surface area contributed by atoms with Crippen LogP contribution in [-0.4, -0.2) is 37.7 Å². The maximum absolute atomic E-state index is 12.2. The maximum atomic E-state index is 12.2. The van der Waals surface area contributed by atoms with Gasteiger partial charge in [-0.05, 0) is 6.92 Å². The standard InChI is InChI=1S/C9H14F2O6/c1-5(15-9(13)17-7(3)11)4-14-8(12)16-6(2)10/h5-7H,4H2,1-3H3. The molecule has 6 nitrogen and oxygen atoms in total. The zero-order valence-corrected chi connectivity index (χ0v) is 9.64. The van der Waals surface area contributed by atoms with E-state index in [2.05, 4.69) is 18.9 Å². The van der Waals surface area contributed by atoms with Crippen LogP contribution in [-0.2, 0) is 18.9 Å². The molecule has 0 heterocycles. The fraction of sp³-hybridized carbons (Fsp3) is 0.778. The highest BCUT2D eigenvalue weighted by Crippen LogP contribution is 2.01. The average molecular weight is 256 g/mol. The van der Waals surface area contributed by atoms with Crippen LogP contribution >= 0.6 is 0 Å². The number of halogens is 2. The fourth-order valence-electron chi connectivity index (χ4n) is 0.711. The fourth-order valence-corrected chi connectivity index (χ4v) is 0.711. The Balaban J connectivity index is 3.75. The number of ether oxygens (including phenoxy) is 4. The molecule has 0 saturated carbocycles. The molecule has 0 N–H and O–H groups in total. The number of carbonyl (C=O) groups excluding carboxylic acids is 2. The van der Waals surface area contributed by atoms with Crippen molar-refractivity contribution in [1.82, 2.24) is 0 Å². The van der Waals surface area contributed by atoms with Gasteiger partial charge in [-0.15, -0.1) is 0 Å². The number of carbonyl (C=O) groups is 2. The van der Waals surface area contributed by atoms with Gasteiger partial charge in [0.1, 0.15) is 12.7 Å². The molecule has 0 aliphatic rings. The molecule has 0 aliphatic heterocycles. The van der Waals surface area contributed by atoms with Crippen LogP contribution in [0.4, 0.5) is 18.4 Å². The van der Waals surface area contributed by atoms with Crippen molar-refractivity contribution in [3.8, 4) is 0 Å². The molecule has 100 valence electrons. The lowest BCUT2D eigenvalue weighted by Gasteiger charge is -2.13. The van der Waals surface area contributed by atoms with Crippen molar-refractivity contribution in [1.29, 1.82) is 0 Å². The molecule has 0 spiro atoms. The largest absolute Gasteiger partial charge is 0.511 e. The van der Waals surface area contributed by atoms with Crippen LogP contribution in [0, 0.1) is 0 Å². The average Bonchev–Trinajstić information content (AvgIpc) is 2.12. The number of rotatable bonds is 5. The normalized spacial score (nSPS) is 15.4. The van der Waals surface area contributed by atoms with Gasteiger partial charge in [0.2, 0.25) is 12.7 Å². The van der Waals surface area contributed by atoms with Crippen LogP contribution in [0.5, 0.6) is 0 Å². The Kier molecular flexibility index (Phi) is 6.92. The lowest BCUT2D eigenvalue weighted by atomic mass is 10.4. The third kappa shape index (κ3) is 9.34. The first-order chi connectivity index (χ1) is 7.81. The van der Waals surface area contributed by atoms with E-state index < -0.39 is 31.1 Å². The van der Waals surface area contributed by atoms with E-state index in [4.69, 9.17) is 0 Å². The molecule has 0 bridgehead atoms. The Bertz CT molecular complexity index is 256. The second-order valence-corrected chi connectivity index (χ2v) is 3.06. The summed E-state index contributed by atoms with van der Waals surface area (Å²) in [4.78, 5) is 21.5. The van der Waals surface area contributed by atoms with Gasteiger partial charge in [0, 0.05) is 13.8 Å². The summed E-state index contributed by atoms with van der Waals surface area (Å²) in [6.07, 6.45) is -6.93. The van der Waals surface area contributed by atoms with Crippen LogP contribution in [0.3, 0.4) is 0 Å². The summed E-state index contributed by atoms with van der Waals surface area (Å²) in [5.74, 6) is 0. The van der Waals surface area contributed by atoms with Gasteiger partial charge in [0.15, 0.2) is 0 Å². The van der Waals surface area contributed by atoms with Gasteiger partial charge in [-0.2, -0.15) is 0 Å². The van der Waals surface area contributed by atoms with Crippen LogP contribution < -0.4 is 0 Å². The Morgan fingerprint density at radius 1 is 0.941 bits per heavy atom. The highest BCUT2D eigenvalue weighted by atomic mass is 19.1. The Morgan fingerprint density at radius 3 is 1.88 bits per heavy atom. The molecule has 0 radical (unpaired) electrons. The second kappa shape index (κ2) is 7.64. The van der Waals surface area contributed by atoms with Crippen molar-refractivity contribution < 1.29 is 37.3 Å². The zero-order valence-electron chi connectivity index (χ0n) is 9.64. The van der Waals surface area contributed by atoms with Crippen molar-refractivity contribution >= 4 is 12.3 Å². The van der Waals surface area contributed by atoms with Crippen molar-refractivity contribution in [2.75, 3.05) is 6.61 Å². The summed E-state index contributed by atoms with van der Waals surface area (Å²) < 4.78 is 41.3. The summed E-state index contributed by atoms with van der Waals surface area (Å²) in [6, 6.07) is 0. The van der Waals surface area contributed by atoms with Gasteiger partial charge in [-0.3, -0.25) is 0 Å². The topological polar surface area (TPSA) is 71.1 Å². The minimum Gasteiger partial charge on any atom is -0.430 e. The van der Waals surface area contributed by atoms with Crippen LogP contribution in [0.15, 0.2) is 0 Å². The van der Waals surface area contributed by atoms with E-state index in [1.807, 2.05) is 0 Å². The molecule has 0 aromatic rings. The highest BCUT2D eigenvalue weighted by Gasteiger charge is 2.16. The summed E-state index contributed by atoms with van der Waals surface area (Å²) in [5, 5.41) is 0. The minimum absolute atomic E-state index is 0.360. The Morgan fingerprint density at radius 2 is 1.41 bits per heavy atom. The Hall–Kier alpha value is -1.60. The highest BCUT2D eigenvalue weighted by molar-refractivity contribution is 5.61.